The van der Waals surface area contributed by atoms with E-state index in [0.717, 1.165) is 111 Å². The molecule has 12 heterocycles. The molecule has 37 heteroatoms. The molecule has 3 aromatic carbocycles. The van der Waals surface area contributed by atoms with Gasteiger partial charge in [-0.3, -0.25) is 14.4 Å². The highest BCUT2D eigenvalue weighted by Gasteiger charge is 2.44. The summed E-state index contributed by atoms with van der Waals surface area (Å²) in [5.41, 5.74) is 5.13. The van der Waals surface area contributed by atoms with E-state index < -0.39 is 64.0 Å². The third-order valence-corrected chi connectivity index (χ3v) is 26.8. The summed E-state index contributed by atoms with van der Waals surface area (Å²) in [5.74, 6) is -4.39. The van der Waals surface area contributed by atoms with Gasteiger partial charge in [0.05, 0.1) is 111 Å². The number of halogens is 8. The van der Waals surface area contributed by atoms with Gasteiger partial charge >= 0.3 is 17.1 Å². The number of phenolic OH excluding ortho intramolecular Hbond substituents is 2. The molecule has 2 N–H and O–H groups in total. The zero-order chi connectivity index (χ0) is 92.6. The van der Waals surface area contributed by atoms with Crippen LogP contribution in [-0.2, 0) is 14.4 Å². The molecule has 29 nitrogen and oxygen atoms in total. The number of phenols is 2. The standard InChI is InChI=1S/C32H30ClF2N7O3.C32H31ClFN7O2.C31H28ClF2N7O3/c1-15-13-41(31(44)17(3)34)16(2)12-40(15)29-20-11-21(33)27(24-22(35)5-4-6-23(24)43)38-30(20)42(32(45)39-29)28-25(18-7-8-18)36-14-37-26(28)19-9-10-19;1-4-25(42)39-14-18(3)40(15-17(39)2)30-22-13-23(33)28(21-7-5-6-8-24(21)34)37-31(22)41(32(43)38-30)29-26(19-9-10-19)35-16-36-27(29)20-11-12-20;1-15-13-39(30(43)16(2)33)10-11-40(15)28-19-12-20(32)26(23-21(34)4-3-5-22(23)42)37-29(19)41(31(44)38-28)27-24(17-6-7-17)35-14-36-25(27)18-8-9-18/h4-6,11,14-16,18-19,43H,3,7-10,12-13H2,1-2H3;4-8,13,16-20H,1,9-12,14-15H2,2-3H3;3-5,12,14-15,17-18,42H,2,6-11,13H2,1H3/t15-,16+;17-,18+;15-/m010/s1. The van der Waals surface area contributed by atoms with Crippen molar-refractivity contribution in [1.29, 1.82) is 0 Å². The molecule has 3 aliphatic heterocycles. The molecular formula is C95H89Cl3F5N21O8. The smallest absolute Gasteiger partial charge is 0.355 e. The maximum absolute atomic E-state index is 15.2. The third-order valence-electron chi connectivity index (χ3n) is 26.0. The number of aromatic hydroxyl groups is 2. The molecule has 9 aliphatic rings. The molecule has 5 atom stereocenters. The van der Waals surface area contributed by atoms with Crippen LogP contribution in [0, 0.1) is 17.5 Å². The van der Waals surface area contributed by atoms with E-state index >= 15 is 13.2 Å². The molecule has 0 bridgehead atoms. The van der Waals surface area contributed by atoms with Crippen molar-refractivity contribution in [2.45, 2.75) is 177 Å². The summed E-state index contributed by atoms with van der Waals surface area (Å²) in [5, 5.41) is 22.9. The van der Waals surface area contributed by atoms with Crippen LogP contribution in [0.2, 0.25) is 15.1 Å². The molecule has 9 aromatic heterocycles. The molecule has 0 spiro atoms. The number of hydrogen-bond acceptors (Lipinski definition) is 23. The summed E-state index contributed by atoms with van der Waals surface area (Å²) in [7, 11) is 0. The van der Waals surface area contributed by atoms with Crippen LogP contribution in [0.5, 0.6) is 11.5 Å². The Bertz CT molecular complexity index is 6910. The Kier molecular flexibility index (Phi) is 23.3. The molecule has 3 amide bonds. The van der Waals surface area contributed by atoms with Crippen LogP contribution < -0.4 is 31.8 Å². The van der Waals surface area contributed by atoms with Crippen molar-refractivity contribution >= 4 is 103 Å². The van der Waals surface area contributed by atoms with Crippen molar-refractivity contribution < 1.29 is 46.5 Å². The highest BCUT2D eigenvalue weighted by molar-refractivity contribution is 6.35. The Morgan fingerprint density at radius 1 is 0.409 bits per heavy atom. The lowest BCUT2D eigenvalue weighted by molar-refractivity contribution is -0.131. The van der Waals surface area contributed by atoms with Crippen molar-refractivity contribution in [2.24, 2.45) is 0 Å². The molecule has 6 aliphatic carbocycles. The number of hydrogen-bond donors (Lipinski definition) is 2. The van der Waals surface area contributed by atoms with E-state index in [4.69, 9.17) is 49.8 Å². The Morgan fingerprint density at radius 3 is 1.09 bits per heavy atom. The minimum absolute atomic E-state index is 0.0357. The van der Waals surface area contributed by atoms with Crippen LogP contribution >= 0.6 is 34.8 Å². The maximum Gasteiger partial charge on any atom is 0.355 e. The number of amides is 3. The summed E-state index contributed by atoms with van der Waals surface area (Å²) in [6.07, 6.45) is 17.3. The normalized spacial score (nSPS) is 19.7. The van der Waals surface area contributed by atoms with E-state index in [1.165, 1.54) is 84.7 Å². The van der Waals surface area contributed by atoms with Gasteiger partial charge in [0.25, 0.3) is 11.8 Å². The largest absolute Gasteiger partial charge is 0.507 e. The predicted molar refractivity (Wildman–Crippen MR) is 489 cm³/mol. The van der Waals surface area contributed by atoms with Crippen molar-refractivity contribution in [1.82, 2.24) is 88.2 Å². The van der Waals surface area contributed by atoms with Crippen LogP contribution in [0.25, 0.3) is 83.9 Å². The molecule has 9 fully saturated rings. The van der Waals surface area contributed by atoms with Crippen LogP contribution in [-0.4, -0.2) is 192 Å². The first-order valence-corrected chi connectivity index (χ1v) is 45.3. The molecule has 678 valence electrons. The SMILES string of the molecule is C=C(F)C(=O)N1CCN(c2nc(=O)n(-c3c(C4CC4)ncnc3C3CC3)c3nc(-c4c(O)cccc4F)c(Cl)cc23)[C@@H](C)C1.C=C(F)C(=O)N1C[C@H](C)N(c2nc(=O)n(-c3c(C4CC4)ncnc3C3CC3)c3nc(-c4c(O)cccc4F)c(Cl)cc23)C[C@H]1C.C=CC(=O)N1C[C@H](C)N(c2nc(=O)n(-c3c(C4CC4)ncnc3C3CC3)c3nc(-c4ccccc4F)c(Cl)cc23)C[C@H]1C. The van der Waals surface area contributed by atoms with Crippen molar-refractivity contribution in [2.75, 3.05) is 60.5 Å². The highest BCUT2D eigenvalue weighted by Crippen LogP contribution is 2.53. The van der Waals surface area contributed by atoms with Crippen molar-refractivity contribution in [3.8, 4) is 62.3 Å². The van der Waals surface area contributed by atoms with Gasteiger partial charge in [0.1, 0.15) is 65.4 Å². The van der Waals surface area contributed by atoms with Gasteiger partial charge in [-0.1, -0.05) is 78.8 Å². The number of pyridine rings is 3. The van der Waals surface area contributed by atoms with E-state index in [2.05, 4.69) is 64.6 Å². The van der Waals surface area contributed by atoms with E-state index in [1.54, 1.807) is 54.5 Å². The molecule has 6 saturated carbocycles. The summed E-state index contributed by atoms with van der Waals surface area (Å²) in [6.45, 7) is 21.1. The van der Waals surface area contributed by atoms with Gasteiger partial charge < -0.3 is 39.6 Å². The lowest BCUT2D eigenvalue weighted by Crippen LogP contribution is -2.58. The van der Waals surface area contributed by atoms with Crippen LogP contribution in [0.3, 0.4) is 0 Å². The second kappa shape index (κ2) is 34.9. The van der Waals surface area contributed by atoms with Crippen molar-refractivity contribution in [3.05, 3.63) is 233 Å². The summed E-state index contributed by atoms with van der Waals surface area (Å²) < 4.78 is 77.1. The maximum atomic E-state index is 15.2. The fourth-order valence-electron chi connectivity index (χ4n) is 18.4. The first-order chi connectivity index (χ1) is 63.4. The van der Waals surface area contributed by atoms with Gasteiger partial charge in [0.2, 0.25) is 5.91 Å². The summed E-state index contributed by atoms with van der Waals surface area (Å²) in [4.78, 5) is 146. The Hall–Kier alpha value is -13.1. The number of carbonyl (C=O) groups excluding carboxylic acids is 3. The van der Waals surface area contributed by atoms with E-state index in [-0.39, 0.29) is 182 Å². The topological polar surface area (TPSA) is 332 Å². The number of anilines is 3. The lowest BCUT2D eigenvalue weighted by Gasteiger charge is -2.44. The minimum atomic E-state index is -1.04. The van der Waals surface area contributed by atoms with Crippen LogP contribution in [0.1, 0.15) is 181 Å². The Labute approximate surface area is 767 Å². The van der Waals surface area contributed by atoms with Gasteiger partial charge in [-0.05, 0) is 172 Å². The van der Waals surface area contributed by atoms with Gasteiger partial charge in [-0.15, -0.1) is 0 Å². The molecule has 132 heavy (non-hydrogen) atoms. The van der Waals surface area contributed by atoms with Gasteiger partial charge in [0, 0.05) is 117 Å². The molecule has 0 unspecified atom stereocenters. The molecule has 21 rings (SSSR count). The predicted octanol–water partition coefficient (Wildman–Crippen LogP) is 15.8. The van der Waals surface area contributed by atoms with E-state index in [9.17, 15) is 47.8 Å². The number of carbonyl (C=O) groups is 3. The average molecular weight is 1850 g/mol. The van der Waals surface area contributed by atoms with Gasteiger partial charge in [0.15, 0.2) is 28.6 Å². The highest BCUT2D eigenvalue weighted by atomic mass is 35.5. The number of rotatable bonds is 18. The number of piperazine rings is 3. The van der Waals surface area contributed by atoms with E-state index in [0.29, 0.717) is 57.8 Å². The third kappa shape index (κ3) is 16.5. The average Bonchev–Trinajstić information content (AvgIpc) is 1.01. The lowest BCUT2D eigenvalue weighted by atomic mass is 10.1. The second-order valence-corrected chi connectivity index (χ2v) is 36.8. The van der Waals surface area contributed by atoms with Crippen molar-refractivity contribution in [3.63, 3.8) is 0 Å². The molecule has 12 aromatic rings. The number of benzene rings is 3. The monoisotopic (exact) mass is 1850 g/mol. The van der Waals surface area contributed by atoms with Gasteiger partial charge in [-0.2, -0.15) is 15.0 Å². The number of aromatic nitrogens is 15. The summed E-state index contributed by atoms with van der Waals surface area (Å²) >= 11 is 20.4. The first kappa shape index (κ1) is 88.2. The molecular weight excluding hydrogens is 1760 g/mol. The quantitative estimate of drug-likeness (QED) is 0.0595. The zero-order valence-electron chi connectivity index (χ0n) is 72.5. The number of fused-ring (bicyclic) bond motifs is 3. The Balaban J connectivity index is 0.000000128. The fraction of sp³-hybridized carbons (Fsp3) is 0.368. The van der Waals surface area contributed by atoms with Crippen LogP contribution in [0.4, 0.5) is 39.4 Å². The zero-order valence-corrected chi connectivity index (χ0v) is 74.7. The summed E-state index contributed by atoms with van der Waals surface area (Å²) in [6, 6.07) is 17.5. The molecule has 0 radical (unpaired) electrons. The van der Waals surface area contributed by atoms with E-state index in [1.807, 2.05) is 42.4 Å². The minimum Gasteiger partial charge on any atom is -0.507 e. The van der Waals surface area contributed by atoms with Crippen LogP contribution in [0.15, 0.2) is 150 Å². The van der Waals surface area contributed by atoms with Gasteiger partial charge in [-0.25, -0.2) is 94.9 Å². The molecule has 3 saturated heterocycles. The fourth-order valence-corrected chi connectivity index (χ4v) is 19.2. The first-order valence-electron chi connectivity index (χ1n) is 44.1. The second-order valence-electron chi connectivity index (χ2n) is 35.6. The number of nitrogens with zero attached hydrogens (tertiary/aromatic N) is 21. The Morgan fingerprint density at radius 2 is 0.742 bits per heavy atom.